The predicted octanol–water partition coefficient (Wildman–Crippen LogP) is 1.83. The van der Waals surface area contributed by atoms with E-state index in [1.165, 1.54) is 0 Å². The molecule has 6 heteroatoms. The quantitative estimate of drug-likeness (QED) is 0.841. The number of hydrogen-bond acceptors (Lipinski definition) is 4. The smallest absolute Gasteiger partial charge is 0.241 e. The second kappa shape index (κ2) is 7.47. The monoisotopic (exact) mass is 307 g/mol. The molecular formula is C15H21N3O2S. The van der Waals surface area contributed by atoms with Crippen molar-refractivity contribution in [2.45, 2.75) is 25.3 Å². The van der Waals surface area contributed by atoms with Crippen molar-refractivity contribution in [1.82, 2.24) is 0 Å². The minimum absolute atomic E-state index is 0.100. The number of carbonyl (C=O) groups is 2. The summed E-state index contributed by atoms with van der Waals surface area (Å²) in [6.45, 7) is 0.699. The molecule has 0 bridgehead atoms. The Morgan fingerprint density at radius 3 is 2.90 bits per heavy atom. The first-order chi connectivity index (χ1) is 10.1. The normalized spacial score (nSPS) is 16.1. The van der Waals surface area contributed by atoms with Crippen LogP contribution >= 0.6 is 11.8 Å². The topological polar surface area (TPSA) is 75.4 Å². The average Bonchev–Trinajstić information content (AvgIpc) is 2.91. The SMILES string of the molecule is CSCC[C@@H](N)C(=O)Nc1ccccc1N1CCCC1=O. The van der Waals surface area contributed by atoms with Gasteiger partial charge in [0.1, 0.15) is 0 Å². The van der Waals surface area contributed by atoms with Gasteiger partial charge in [-0.3, -0.25) is 9.59 Å². The van der Waals surface area contributed by atoms with Crippen molar-refractivity contribution >= 4 is 35.0 Å². The van der Waals surface area contributed by atoms with Gasteiger partial charge in [0.25, 0.3) is 0 Å². The number of benzene rings is 1. The Kier molecular flexibility index (Phi) is 5.64. The molecule has 1 atom stereocenters. The summed E-state index contributed by atoms with van der Waals surface area (Å²) in [7, 11) is 0. The number of anilines is 2. The van der Waals surface area contributed by atoms with Gasteiger partial charge in [-0.2, -0.15) is 11.8 Å². The van der Waals surface area contributed by atoms with E-state index in [1.807, 2.05) is 24.5 Å². The molecule has 0 unspecified atom stereocenters. The summed E-state index contributed by atoms with van der Waals surface area (Å²) in [5, 5.41) is 2.85. The molecule has 2 amide bonds. The van der Waals surface area contributed by atoms with Gasteiger partial charge in [0.15, 0.2) is 0 Å². The lowest BCUT2D eigenvalue weighted by atomic mass is 10.2. The standard InChI is InChI=1S/C15H21N3O2S/c1-21-10-8-11(16)15(20)17-12-5-2-3-6-13(12)18-9-4-7-14(18)19/h2-3,5-6,11H,4,7-10,16H2,1H3,(H,17,20)/t11-/m1/s1. The molecule has 1 heterocycles. The summed E-state index contributed by atoms with van der Waals surface area (Å²) in [5.74, 6) is 0.743. The number of nitrogens with two attached hydrogens (primary N) is 1. The molecule has 114 valence electrons. The van der Waals surface area contributed by atoms with Gasteiger partial charge >= 0.3 is 0 Å². The van der Waals surface area contributed by atoms with E-state index in [-0.39, 0.29) is 11.8 Å². The van der Waals surface area contributed by atoms with Crippen LogP contribution in [-0.4, -0.2) is 36.4 Å². The van der Waals surface area contributed by atoms with Crippen molar-refractivity contribution < 1.29 is 9.59 Å². The summed E-state index contributed by atoms with van der Waals surface area (Å²) in [6.07, 6.45) is 4.04. The fourth-order valence-electron chi connectivity index (χ4n) is 2.32. The van der Waals surface area contributed by atoms with Crippen molar-refractivity contribution in [3.05, 3.63) is 24.3 Å². The minimum atomic E-state index is -0.528. The Morgan fingerprint density at radius 2 is 2.24 bits per heavy atom. The van der Waals surface area contributed by atoms with Crippen molar-refractivity contribution in [3.63, 3.8) is 0 Å². The highest BCUT2D eigenvalue weighted by atomic mass is 32.2. The lowest BCUT2D eigenvalue weighted by Gasteiger charge is -2.21. The Morgan fingerprint density at radius 1 is 1.48 bits per heavy atom. The second-order valence-corrected chi connectivity index (χ2v) is 6.03. The first-order valence-electron chi connectivity index (χ1n) is 7.08. The molecule has 1 aromatic rings. The second-order valence-electron chi connectivity index (χ2n) is 5.04. The minimum Gasteiger partial charge on any atom is -0.323 e. The van der Waals surface area contributed by atoms with Crippen LogP contribution < -0.4 is 16.0 Å². The van der Waals surface area contributed by atoms with Gasteiger partial charge in [0.05, 0.1) is 17.4 Å². The predicted molar refractivity (Wildman–Crippen MR) is 87.6 cm³/mol. The third kappa shape index (κ3) is 3.98. The van der Waals surface area contributed by atoms with Crippen LogP contribution in [0.25, 0.3) is 0 Å². The summed E-state index contributed by atoms with van der Waals surface area (Å²) < 4.78 is 0. The lowest BCUT2D eigenvalue weighted by molar-refractivity contribution is -0.118. The van der Waals surface area contributed by atoms with E-state index < -0.39 is 6.04 Å². The van der Waals surface area contributed by atoms with E-state index in [0.717, 1.165) is 17.9 Å². The zero-order valence-corrected chi connectivity index (χ0v) is 13.0. The highest BCUT2D eigenvalue weighted by Gasteiger charge is 2.24. The van der Waals surface area contributed by atoms with Gasteiger partial charge < -0.3 is 16.0 Å². The zero-order chi connectivity index (χ0) is 15.2. The number of nitrogens with one attached hydrogen (secondary N) is 1. The fraction of sp³-hybridized carbons (Fsp3) is 0.467. The van der Waals surface area contributed by atoms with Gasteiger partial charge in [-0.25, -0.2) is 0 Å². The average molecular weight is 307 g/mol. The molecule has 0 saturated carbocycles. The number of rotatable bonds is 6. The molecule has 0 aliphatic carbocycles. The van der Waals surface area contributed by atoms with Crippen molar-refractivity contribution in [2.75, 3.05) is 28.8 Å². The maximum atomic E-state index is 12.1. The largest absolute Gasteiger partial charge is 0.323 e. The van der Waals surface area contributed by atoms with Gasteiger partial charge in [-0.05, 0) is 37.0 Å². The number of thioether (sulfide) groups is 1. The van der Waals surface area contributed by atoms with Crippen LogP contribution in [0.1, 0.15) is 19.3 Å². The molecule has 0 radical (unpaired) electrons. The Bertz CT molecular complexity index is 521. The Hall–Kier alpha value is -1.53. The van der Waals surface area contributed by atoms with Crippen LogP contribution in [0.4, 0.5) is 11.4 Å². The number of carbonyl (C=O) groups excluding carboxylic acids is 2. The molecule has 1 fully saturated rings. The molecule has 5 nitrogen and oxygen atoms in total. The summed E-state index contributed by atoms with van der Waals surface area (Å²) in [4.78, 5) is 25.7. The van der Waals surface area contributed by atoms with Gasteiger partial charge in [-0.15, -0.1) is 0 Å². The van der Waals surface area contributed by atoms with E-state index >= 15 is 0 Å². The van der Waals surface area contributed by atoms with E-state index in [9.17, 15) is 9.59 Å². The third-order valence-electron chi connectivity index (χ3n) is 3.50. The van der Waals surface area contributed by atoms with E-state index in [2.05, 4.69) is 5.32 Å². The van der Waals surface area contributed by atoms with Crippen LogP contribution in [0.5, 0.6) is 0 Å². The van der Waals surface area contributed by atoms with Crippen LogP contribution in [-0.2, 0) is 9.59 Å². The Labute approximate surface area is 129 Å². The summed E-state index contributed by atoms with van der Waals surface area (Å²) in [6, 6.07) is 6.84. The molecular weight excluding hydrogens is 286 g/mol. The van der Waals surface area contributed by atoms with Crippen LogP contribution in [0, 0.1) is 0 Å². The number of para-hydroxylation sites is 2. The highest BCUT2D eigenvalue weighted by molar-refractivity contribution is 7.98. The van der Waals surface area contributed by atoms with Gasteiger partial charge in [0.2, 0.25) is 11.8 Å². The maximum Gasteiger partial charge on any atom is 0.241 e. The first kappa shape index (κ1) is 15.9. The molecule has 21 heavy (non-hydrogen) atoms. The number of hydrogen-bond donors (Lipinski definition) is 2. The molecule has 2 rings (SSSR count). The fourth-order valence-corrected chi connectivity index (χ4v) is 2.81. The van der Waals surface area contributed by atoms with Crippen molar-refractivity contribution in [3.8, 4) is 0 Å². The highest BCUT2D eigenvalue weighted by Crippen LogP contribution is 2.29. The molecule has 0 aromatic heterocycles. The summed E-state index contributed by atoms with van der Waals surface area (Å²) >= 11 is 1.66. The molecule has 1 saturated heterocycles. The molecule has 1 aliphatic heterocycles. The van der Waals surface area contributed by atoms with Crippen LogP contribution in [0.15, 0.2) is 24.3 Å². The molecule has 0 spiro atoms. The lowest BCUT2D eigenvalue weighted by Crippen LogP contribution is -2.36. The van der Waals surface area contributed by atoms with Crippen molar-refractivity contribution in [2.24, 2.45) is 5.73 Å². The molecule has 3 N–H and O–H groups in total. The van der Waals surface area contributed by atoms with E-state index in [0.29, 0.717) is 25.1 Å². The molecule has 1 aliphatic rings. The van der Waals surface area contributed by atoms with Crippen molar-refractivity contribution in [1.29, 1.82) is 0 Å². The zero-order valence-electron chi connectivity index (χ0n) is 12.2. The van der Waals surface area contributed by atoms with Gasteiger partial charge in [-0.1, -0.05) is 12.1 Å². The van der Waals surface area contributed by atoms with E-state index in [1.54, 1.807) is 22.7 Å². The van der Waals surface area contributed by atoms with E-state index in [4.69, 9.17) is 5.73 Å². The molecule has 1 aromatic carbocycles. The van der Waals surface area contributed by atoms with Gasteiger partial charge in [0, 0.05) is 13.0 Å². The van der Waals surface area contributed by atoms with Crippen LogP contribution in [0.2, 0.25) is 0 Å². The van der Waals surface area contributed by atoms with Crippen LogP contribution in [0.3, 0.4) is 0 Å². The number of amides is 2. The summed E-state index contributed by atoms with van der Waals surface area (Å²) in [5.41, 5.74) is 7.28. The Balaban J connectivity index is 2.09. The number of nitrogens with zero attached hydrogens (tertiary/aromatic N) is 1. The first-order valence-corrected chi connectivity index (χ1v) is 8.47. The maximum absolute atomic E-state index is 12.1. The third-order valence-corrected chi connectivity index (χ3v) is 4.14.